The van der Waals surface area contributed by atoms with Gasteiger partial charge in [-0.2, -0.15) is 5.26 Å². The van der Waals surface area contributed by atoms with Gasteiger partial charge >= 0.3 is 5.97 Å². The molecule has 2 N–H and O–H groups in total. The minimum atomic E-state index is -0.917. The zero-order valence-corrected chi connectivity index (χ0v) is 18.5. The van der Waals surface area contributed by atoms with Crippen LogP contribution in [0.5, 0.6) is 0 Å². The van der Waals surface area contributed by atoms with Crippen LogP contribution in [0.2, 0.25) is 0 Å². The molecule has 30 heavy (non-hydrogen) atoms. The molecule has 6 heteroatoms. The molecule has 0 aliphatic heterocycles. The predicted molar refractivity (Wildman–Crippen MR) is 120 cm³/mol. The lowest BCUT2D eigenvalue weighted by Crippen LogP contribution is -2.36. The standard InChI is InChI=1S/C24H28N2O3S/c1-4-14(2)16-9-11-17(12-10-16)21-15(3)30-23(20(21)13-25)26-22(27)18-7-5-6-8-19(18)24(28)29/h9-12,14,18-19H,4-8H2,1-3H3,(H,26,27)(H,28,29)/t14-,18-,19-/m0/s1. The van der Waals surface area contributed by atoms with E-state index in [4.69, 9.17) is 0 Å². The molecule has 0 radical (unpaired) electrons. The van der Waals surface area contributed by atoms with Crippen LogP contribution in [0.4, 0.5) is 5.00 Å². The lowest BCUT2D eigenvalue weighted by atomic mass is 9.79. The van der Waals surface area contributed by atoms with E-state index in [-0.39, 0.29) is 5.91 Å². The van der Waals surface area contributed by atoms with Gasteiger partial charge in [-0.15, -0.1) is 11.3 Å². The maximum absolute atomic E-state index is 12.9. The number of hydrogen-bond acceptors (Lipinski definition) is 4. The Morgan fingerprint density at radius 1 is 1.23 bits per heavy atom. The number of nitriles is 1. The number of aliphatic carboxylic acids is 1. The van der Waals surface area contributed by atoms with Crippen LogP contribution >= 0.6 is 11.3 Å². The summed E-state index contributed by atoms with van der Waals surface area (Å²) in [6.07, 6.45) is 3.84. The second-order valence-corrected chi connectivity index (χ2v) is 9.33. The molecular weight excluding hydrogens is 396 g/mol. The number of nitrogens with zero attached hydrogens (tertiary/aromatic N) is 1. The molecule has 3 rings (SSSR count). The first-order valence-corrected chi connectivity index (χ1v) is 11.4. The molecule has 1 amide bonds. The first kappa shape index (κ1) is 22.0. The number of anilines is 1. The second kappa shape index (κ2) is 9.44. The molecule has 2 aromatic rings. The Bertz CT molecular complexity index is 972. The van der Waals surface area contributed by atoms with Crippen molar-refractivity contribution in [2.24, 2.45) is 11.8 Å². The third-order valence-corrected chi connectivity index (χ3v) is 7.25. The van der Waals surface area contributed by atoms with Crippen molar-refractivity contribution < 1.29 is 14.7 Å². The Kier molecular flexibility index (Phi) is 6.94. The fraction of sp³-hybridized carbons (Fsp3) is 0.458. The number of nitrogens with one attached hydrogen (secondary N) is 1. The van der Waals surface area contributed by atoms with Crippen LogP contribution < -0.4 is 5.32 Å². The lowest BCUT2D eigenvalue weighted by molar-refractivity contribution is -0.147. The topological polar surface area (TPSA) is 90.2 Å². The Hall–Kier alpha value is -2.65. The summed E-state index contributed by atoms with van der Waals surface area (Å²) in [6, 6.07) is 10.5. The van der Waals surface area contributed by atoms with Gasteiger partial charge in [0, 0.05) is 10.4 Å². The SMILES string of the molecule is CC[C@H](C)c1ccc(-c2c(C)sc(NC(=O)[C@H]3CCCC[C@@H]3C(=O)O)c2C#N)cc1. The van der Waals surface area contributed by atoms with E-state index in [1.165, 1.54) is 16.9 Å². The van der Waals surface area contributed by atoms with Crippen molar-refractivity contribution in [1.82, 2.24) is 0 Å². The quantitative estimate of drug-likeness (QED) is 0.600. The van der Waals surface area contributed by atoms with Crippen LogP contribution in [0.1, 0.15) is 67.9 Å². The van der Waals surface area contributed by atoms with Crippen LogP contribution in [0.3, 0.4) is 0 Å². The summed E-state index contributed by atoms with van der Waals surface area (Å²) in [4.78, 5) is 25.4. The zero-order chi connectivity index (χ0) is 21.8. The van der Waals surface area contributed by atoms with E-state index >= 15 is 0 Å². The Morgan fingerprint density at radius 2 is 1.87 bits per heavy atom. The Balaban J connectivity index is 1.88. The summed E-state index contributed by atoms with van der Waals surface area (Å²) < 4.78 is 0. The highest BCUT2D eigenvalue weighted by Gasteiger charge is 2.36. The van der Waals surface area contributed by atoms with Crippen molar-refractivity contribution in [2.75, 3.05) is 5.32 Å². The van der Waals surface area contributed by atoms with Crippen LogP contribution in [-0.2, 0) is 9.59 Å². The minimum Gasteiger partial charge on any atom is -0.481 e. The fourth-order valence-corrected chi connectivity index (χ4v) is 5.28. The van der Waals surface area contributed by atoms with Crippen molar-refractivity contribution >= 4 is 28.2 Å². The van der Waals surface area contributed by atoms with Gasteiger partial charge in [-0.25, -0.2) is 0 Å². The van der Waals surface area contributed by atoms with E-state index in [0.29, 0.717) is 29.3 Å². The third-order valence-electron chi connectivity index (χ3n) is 6.23. The first-order chi connectivity index (χ1) is 14.4. The molecule has 3 atom stereocenters. The summed E-state index contributed by atoms with van der Waals surface area (Å²) in [5, 5.41) is 22.7. The van der Waals surface area contributed by atoms with Crippen molar-refractivity contribution in [3.63, 3.8) is 0 Å². The largest absolute Gasteiger partial charge is 0.481 e. The average molecular weight is 425 g/mol. The second-order valence-electron chi connectivity index (χ2n) is 8.11. The lowest BCUT2D eigenvalue weighted by Gasteiger charge is -2.27. The highest BCUT2D eigenvalue weighted by Crippen LogP contribution is 2.41. The van der Waals surface area contributed by atoms with Crippen molar-refractivity contribution in [2.45, 2.75) is 58.8 Å². The molecule has 1 aromatic carbocycles. The number of amides is 1. The van der Waals surface area contributed by atoms with Gasteiger partial charge < -0.3 is 10.4 Å². The predicted octanol–water partition coefficient (Wildman–Crippen LogP) is 5.94. The zero-order valence-electron chi connectivity index (χ0n) is 17.7. The highest BCUT2D eigenvalue weighted by atomic mass is 32.1. The third kappa shape index (κ3) is 4.41. The molecule has 0 spiro atoms. The van der Waals surface area contributed by atoms with Gasteiger partial charge in [-0.05, 0) is 43.2 Å². The average Bonchev–Trinajstić information content (AvgIpc) is 3.07. The monoisotopic (exact) mass is 424 g/mol. The van der Waals surface area contributed by atoms with Gasteiger partial charge in [-0.1, -0.05) is 51.0 Å². The van der Waals surface area contributed by atoms with E-state index in [2.05, 4.69) is 37.4 Å². The molecule has 5 nitrogen and oxygen atoms in total. The number of benzene rings is 1. The van der Waals surface area contributed by atoms with Crippen LogP contribution in [0, 0.1) is 30.1 Å². The number of rotatable bonds is 6. The van der Waals surface area contributed by atoms with Gasteiger partial charge in [0.2, 0.25) is 5.91 Å². The number of carboxylic acids is 1. The van der Waals surface area contributed by atoms with E-state index in [1.54, 1.807) is 0 Å². The number of aryl methyl sites for hydroxylation is 1. The molecular formula is C24H28N2O3S. The van der Waals surface area contributed by atoms with E-state index in [1.807, 2.05) is 19.1 Å². The molecule has 1 aliphatic rings. The maximum Gasteiger partial charge on any atom is 0.307 e. The Morgan fingerprint density at radius 3 is 2.43 bits per heavy atom. The highest BCUT2D eigenvalue weighted by molar-refractivity contribution is 7.17. The van der Waals surface area contributed by atoms with Crippen molar-refractivity contribution in [3.8, 4) is 17.2 Å². The summed E-state index contributed by atoms with van der Waals surface area (Å²) in [5.41, 5.74) is 3.50. The van der Waals surface area contributed by atoms with Gasteiger partial charge in [0.15, 0.2) is 0 Å². The van der Waals surface area contributed by atoms with Crippen LogP contribution in [0.15, 0.2) is 24.3 Å². The van der Waals surface area contributed by atoms with Gasteiger partial charge in [-0.3, -0.25) is 9.59 Å². The maximum atomic E-state index is 12.9. The normalized spacial score (nSPS) is 19.7. The number of carboxylic acid groups (broad SMARTS) is 1. The molecule has 158 valence electrons. The summed E-state index contributed by atoms with van der Waals surface area (Å²) >= 11 is 1.38. The minimum absolute atomic E-state index is 0.293. The molecule has 1 aliphatic carbocycles. The smallest absolute Gasteiger partial charge is 0.307 e. The fourth-order valence-electron chi connectivity index (χ4n) is 4.25. The molecule has 1 heterocycles. The number of hydrogen-bond donors (Lipinski definition) is 2. The summed E-state index contributed by atoms with van der Waals surface area (Å²) in [6.45, 7) is 6.29. The first-order valence-electron chi connectivity index (χ1n) is 10.5. The van der Waals surface area contributed by atoms with Gasteiger partial charge in [0.1, 0.15) is 11.1 Å². The van der Waals surface area contributed by atoms with Crippen molar-refractivity contribution in [3.05, 3.63) is 40.3 Å². The molecule has 1 aromatic heterocycles. The van der Waals surface area contributed by atoms with E-state index in [0.717, 1.165) is 35.3 Å². The summed E-state index contributed by atoms with van der Waals surface area (Å²) in [7, 11) is 0. The number of thiophene rings is 1. The summed E-state index contributed by atoms with van der Waals surface area (Å²) in [5.74, 6) is -1.94. The molecule has 1 fully saturated rings. The molecule has 0 bridgehead atoms. The Labute approximate surface area is 181 Å². The number of carbonyl (C=O) groups excluding carboxylic acids is 1. The molecule has 0 saturated heterocycles. The van der Waals surface area contributed by atoms with Crippen LogP contribution in [0.25, 0.3) is 11.1 Å². The van der Waals surface area contributed by atoms with Gasteiger partial charge in [0.25, 0.3) is 0 Å². The molecule has 0 unspecified atom stereocenters. The van der Waals surface area contributed by atoms with E-state index in [9.17, 15) is 20.0 Å². The molecule has 1 saturated carbocycles. The van der Waals surface area contributed by atoms with Gasteiger partial charge in [0.05, 0.1) is 17.4 Å². The number of carbonyl (C=O) groups is 2. The van der Waals surface area contributed by atoms with Crippen molar-refractivity contribution in [1.29, 1.82) is 5.26 Å². The van der Waals surface area contributed by atoms with E-state index < -0.39 is 17.8 Å². The van der Waals surface area contributed by atoms with Crippen LogP contribution in [-0.4, -0.2) is 17.0 Å².